The van der Waals surface area contributed by atoms with Gasteiger partial charge in [-0.1, -0.05) is 0 Å². The van der Waals surface area contributed by atoms with Crippen molar-refractivity contribution < 1.29 is 13.9 Å². The number of esters is 1. The van der Waals surface area contributed by atoms with E-state index in [4.69, 9.17) is 9.15 Å². The number of halogens is 1. The second-order valence-electron chi connectivity index (χ2n) is 5.04. The van der Waals surface area contributed by atoms with Crippen LogP contribution in [0.2, 0.25) is 0 Å². The molecule has 0 radical (unpaired) electrons. The highest BCUT2D eigenvalue weighted by Crippen LogP contribution is 2.23. The molecule has 0 amide bonds. The van der Waals surface area contributed by atoms with Gasteiger partial charge in [-0.15, -0.1) is 0 Å². The number of hydrogen-bond donors (Lipinski definition) is 1. The summed E-state index contributed by atoms with van der Waals surface area (Å²) in [6.07, 6.45) is -0.118. The highest BCUT2D eigenvalue weighted by Gasteiger charge is 2.11. The van der Waals surface area contributed by atoms with Crippen LogP contribution in [0, 0.1) is 0 Å². The van der Waals surface area contributed by atoms with Crippen LogP contribution in [0.4, 0.5) is 5.69 Å². The smallest absolute Gasteiger partial charge is 0.338 e. The summed E-state index contributed by atoms with van der Waals surface area (Å²) in [6, 6.07) is 11.0. The molecule has 0 saturated heterocycles. The van der Waals surface area contributed by atoms with Crippen LogP contribution in [0.5, 0.6) is 0 Å². The van der Waals surface area contributed by atoms with Crippen LogP contribution in [-0.4, -0.2) is 12.1 Å². The van der Waals surface area contributed by atoms with Crippen LogP contribution in [0.3, 0.4) is 0 Å². The zero-order valence-corrected chi connectivity index (χ0v) is 13.8. The number of hydrogen-bond acceptors (Lipinski definition) is 4. The SMILES string of the molecule is CC(C)OC(=O)c1ccc(NC(C)c2ccc(Br)o2)cc1. The average Bonchev–Trinajstić information content (AvgIpc) is 2.85. The van der Waals surface area contributed by atoms with E-state index >= 15 is 0 Å². The summed E-state index contributed by atoms with van der Waals surface area (Å²) in [5, 5.41) is 3.31. The van der Waals surface area contributed by atoms with Crippen LogP contribution in [-0.2, 0) is 4.74 Å². The summed E-state index contributed by atoms with van der Waals surface area (Å²) < 4.78 is 11.4. The molecular formula is C16H18BrNO3. The minimum absolute atomic E-state index is 0.0322. The lowest BCUT2D eigenvalue weighted by molar-refractivity contribution is 0.0378. The fourth-order valence-electron chi connectivity index (χ4n) is 1.87. The summed E-state index contributed by atoms with van der Waals surface area (Å²) >= 11 is 3.29. The van der Waals surface area contributed by atoms with Crippen LogP contribution in [0.25, 0.3) is 0 Å². The molecule has 1 unspecified atom stereocenters. The van der Waals surface area contributed by atoms with Gasteiger partial charge in [0.15, 0.2) is 4.67 Å². The molecule has 4 nitrogen and oxygen atoms in total. The molecule has 112 valence electrons. The molecule has 1 heterocycles. The Bertz CT molecular complexity index is 604. The maximum atomic E-state index is 11.7. The van der Waals surface area contributed by atoms with Gasteiger partial charge in [0.25, 0.3) is 0 Å². The van der Waals surface area contributed by atoms with Crippen LogP contribution >= 0.6 is 15.9 Å². The van der Waals surface area contributed by atoms with Gasteiger partial charge < -0.3 is 14.5 Å². The maximum absolute atomic E-state index is 11.7. The standard InChI is InChI=1S/C16H18BrNO3/c1-10(2)20-16(19)12-4-6-13(7-5-12)18-11(3)14-8-9-15(17)21-14/h4-11,18H,1-3H3. The number of benzene rings is 1. The van der Waals surface area contributed by atoms with Crippen LogP contribution in [0.1, 0.15) is 42.9 Å². The lowest BCUT2D eigenvalue weighted by Crippen LogP contribution is -2.11. The molecule has 0 aliphatic rings. The minimum atomic E-state index is -0.306. The number of nitrogens with one attached hydrogen (secondary N) is 1. The molecule has 0 aliphatic heterocycles. The third-order valence-electron chi connectivity index (χ3n) is 2.87. The lowest BCUT2D eigenvalue weighted by Gasteiger charge is -2.13. The molecule has 0 aliphatic carbocycles. The molecule has 0 fully saturated rings. The molecular weight excluding hydrogens is 334 g/mol. The van der Waals surface area contributed by atoms with Gasteiger partial charge in [0.05, 0.1) is 17.7 Å². The predicted octanol–water partition coefficient (Wildman–Crippen LogP) is 4.78. The number of furan rings is 1. The average molecular weight is 352 g/mol. The highest BCUT2D eigenvalue weighted by atomic mass is 79.9. The maximum Gasteiger partial charge on any atom is 0.338 e. The van der Waals surface area contributed by atoms with Crippen molar-refractivity contribution in [3.8, 4) is 0 Å². The van der Waals surface area contributed by atoms with E-state index in [1.807, 2.05) is 45.0 Å². The number of carbonyl (C=O) groups excluding carboxylic acids is 1. The Morgan fingerprint density at radius 3 is 2.33 bits per heavy atom. The van der Waals surface area contributed by atoms with Crippen molar-refractivity contribution in [3.63, 3.8) is 0 Å². The summed E-state index contributed by atoms with van der Waals surface area (Å²) in [7, 11) is 0. The van der Waals surface area contributed by atoms with E-state index in [1.165, 1.54) is 0 Å². The quantitative estimate of drug-likeness (QED) is 0.787. The predicted molar refractivity (Wildman–Crippen MR) is 85.4 cm³/mol. The molecule has 2 rings (SSSR count). The summed E-state index contributed by atoms with van der Waals surface area (Å²) in [4.78, 5) is 11.7. The molecule has 1 atom stereocenters. The zero-order chi connectivity index (χ0) is 15.4. The van der Waals surface area contributed by atoms with Gasteiger partial charge in [-0.05, 0) is 73.1 Å². The Balaban J connectivity index is 2.00. The topological polar surface area (TPSA) is 51.5 Å². The zero-order valence-electron chi connectivity index (χ0n) is 12.2. The third kappa shape index (κ3) is 4.36. The first-order chi connectivity index (χ1) is 9.95. The van der Waals surface area contributed by atoms with Crippen LogP contribution in [0.15, 0.2) is 45.5 Å². The van der Waals surface area contributed by atoms with Crippen molar-refractivity contribution in [2.24, 2.45) is 0 Å². The van der Waals surface area contributed by atoms with Crippen molar-refractivity contribution >= 4 is 27.6 Å². The fraction of sp³-hybridized carbons (Fsp3) is 0.312. The summed E-state index contributed by atoms with van der Waals surface area (Å²) in [6.45, 7) is 5.67. The monoisotopic (exact) mass is 351 g/mol. The van der Waals surface area contributed by atoms with E-state index in [1.54, 1.807) is 12.1 Å². The van der Waals surface area contributed by atoms with E-state index in [9.17, 15) is 4.79 Å². The van der Waals surface area contributed by atoms with Gasteiger partial charge in [0.1, 0.15) is 5.76 Å². The second kappa shape index (κ2) is 6.80. The second-order valence-corrected chi connectivity index (χ2v) is 5.82. The van der Waals surface area contributed by atoms with Gasteiger partial charge in [0, 0.05) is 5.69 Å². The van der Waals surface area contributed by atoms with Gasteiger partial charge in [-0.2, -0.15) is 0 Å². The Kier molecular flexibility index (Phi) is 5.07. The molecule has 2 aromatic rings. The first kappa shape index (κ1) is 15.6. The molecule has 0 spiro atoms. The summed E-state index contributed by atoms with van der Waals surface area (Å²) in [5.41, 5.74) is 1.46. The number of anilines is 1. The van der Waals surface area contributed by atoms with E-state index in [0.29, 0.717) is 10.2 Å². The number of rotatable bonds is 5. The molecule has 1 aromatic carbocycles. The van der Waals surface area contributed by atoms with Gasteiger partial charge in [0.2, 0.25) is 0 Å². The lowest BCUT2D eigenvalue weighted by atomic mass is 10.2. The van der Waals surface area contributed by atoms with Crippen LogP contribution < -0.4 is 5.32 Å². The third-order valence-corrected chi connectivity index (χ3v) is 3.29. The Morgan fingerprint density at radius 2 is 1.81 bits per heavy atom. The molecule has 21 heavy (non-hydrogen) atoms. The van der Waals surface area contributed by atoms with Crippen molar-refractivity contribution in [2.75, 3.05) is 5.32 Å². The van der Waals surface area contributed by atoms with E-state index in [-0.39, 0.29) is 18.1 Å². The van der Waals surface area contributed by atoms with E-state index in [2.05, 4.69) is 21.2 Å². The van der Waals surface area contributed by atoms with E-state index < -0.39 is 0 Å². The Morgan fingerprint density at radius 1 is 1.14 bits per heavy atom. The first-order valence-electron chi connectivity index (χ1n) is 6.78. The van der Waals surface area contributed by atoms with Crippen molar-refractivity contribution in [1.82, 2.24) is 0 Å². The fourth-order valence-corrected chi connectivity index (χ4v) is 2.19. The Hall–Kier alpha value is -1.75. The minimum Gasteiger partial charge on any atom is -0.459 e. The molecule has 1 aromatic heterocycles. The normalized spacial score (nSPS) is 12.2. The number of carbonyl (C=O) groups is 1. The van der Waals surface area contributed by atoms with Crippen molar-refractivity contribution in [2.45, 2.75) is 32.9 Å². The molecule has 5 heteroatoms. The highest BCUT2D eigenvalue weighted by molar-refractivity contribution is 9.10. The van der Waals surface area contributed by atoms with Gasteiger partial charge in [-0.25, -0.2) is 4.79 Å². The molecule has 0 saturated carbocycles. The summed E-state index contributed by atoms with van der Waals surface area (Å²) in [5.74, 6) is 0.532. The molecule has 1 N–H and O–H groups in total. The largest absolute Gasteiger partial charge is 0.459 e. The Labute approximate surface area is 132 Å². The molecule has 0 bridgehead atoms. The van der Waals surface area contributed by atoms with Crippen molar-refractivity contribution in [1.29, 1.82) is 0 Å². The van der Waals surface area contributed by atoms with Gasteiger partial charge in [-0.3, -0.25) is 0 Å². The number of ether oxygens (including phenoxy) is 1. The van der Waals surface area contributed by atoms with E-state index in [0.717, 1.165) is 11.4 Å². The van der Waals surface area contributed by atoms with Gasteiger partial charge >= 0.3 is 5.97 Å². The van der Waals surface area contributed by atoms with Crippen molar-refractivity contribution in [3.05, 3.63) is 52.4 Å². The first-order valence-corrected chi connectivity index (χ1v) is 7.58.